The maximum absolute atomic E-state index is 11.5. The molecule has 0 saturated heterocycles. The Hall–Kier alpha value is -1.89. The molecule has 0 unspecified atom stereocenters. The van der Waals surface area contributed by atoms with Gasteiger partial charge in [0.15, 0.2) is 0 Å². The van der Waals surface area contributed by atoms with Gasteiger partial charge in [0.2, 0.25) is 0 Å². The van der Waals surface area contributed by atoms with E-state index >= 15 is 0 Å². The van der Waals surface area contributed by atoms with Crippen molar-refractivity contribution in [1.82, 2.24) is 9.88 Å². The van der Waals surface area contributed by atoms with Gasteiger partial charge in [0.05, 0.1) is 11.1 Å². The Morgan fingerprint density at radius 3 is 2.85 bits per heavy atom. The van der Waals surface area contributed by atoms with E-state index in [4.69, 9.17) is 5.26 Å². The maximum Gasteiger partial charge on any atom is 0.254 e. The molecule has 13 heavy (non-hydrogen) atoms. The first-order valence-electron chi connectivity index (χ1n) is 3.72. The molecular formula is C9H9N3O. The molecule has 0 radical (unpaired) electrons. The minimum absolute atomic E-state index is 0.182. The molecule has 0 aliphatic rings. The van der Waals surface area contributed by atoms with Gasteiger partial charge >= 0.3 is 0 Å². The molecule has 0 saturated carbocycles. The minimum Gasteiger partial charge on any atom is -0.345 e. The van der Waals surface area contributed by atoms with Crippen molar-refractivity contribution in [3.05, 3.63) is 29.6 Å². The van der Waals surface area contributed by atoms with Gasteiger partial charge in [-0.05, 0) is 6.07 Å². The standard InChI is InChI=1S/C9H9N3O/c1-12(2)9(13)8-3-4-11-6-7(8)5-10/h3-4,6H,1-2H3. The highest BCUT2D eigenvalue weighted by Crippen LogP contribution is 2.06. The van der Waals surface area contributed by atoms with Crippen LogP contribution >= 0.6 is 0 Å². The summed E-state index contributed by atoms with van der Waals surface area (Å²) < 4.78 is 0. The topological polar surface area (TPSA) is 57.0 Å². The predicted octanol–water partition coefficient (Wildman–Crippen LogP) is 0.655. The summed E-state index contributed by atoms with van der Waals surface area (Å²) >= 11 is 0. The summed E-state index contributed by atoms with van der Waals surface area (Å²) in [7, 11) is 3.29. The number of rotatable bonds is 1. The van der Waals surface area contributed by atoms with Crippen molar-refractivity contribution in [2.45, 2.75) is 0 Å². The average Bonchev–Trinajstić information content (AvgIpc) is 2.16. The predicted molar refractivity (Wildman–Crippen MR) is 47.0 cm³/mol. The Kier molecular flexibility index (Phi) is 2.60. The zero-order valence-electron chi connectivity index (χ0n) is 7.48. The lowest BCUT2D eigenvalue weighted by Gasteiger charge is -2.10. The molecular weight excluding hydrogens is 166 g/mol. The van der Waals surface area contributed by atoms with E-state index in [2.05, 4.69) is 4.98 Å². The van der Waals surface area contributed by atoms with Crippen LogP contribution in [0.15, 0.2) is 18.5 Å². The van der Waals surface area contributed by atoms with Crippen LogP contribution < -0.4 is 0 Å². The molecule has 0 N–H and O–H groups in total. The highest BCUT2D eigenvalue weighted by molar-refractivity contribution is 5.96. The fourth-order valence-electron chi connectivity index (χ4n) is 0.911. The first kappa shape index (κ1) is 9.20. The molecule has 1 aromatic heterocycles. The zero-order chi connectivity index (χ0) is 9.84. The van der Waals surface area contributed by atoms with Crippen LogP contribution in [0.4, 0.5) is 0 Å². The van der Waals surface area contributed by atoms with E-state index in [-0.39, 0.29) is 5.91 Å². The molecule has 66 valence electrons. The van der Waals surface area contributed by atoms with Crippen molar-refractivity contribution < 1.29 is 4.79 Å². The molecule has 4 nitrogen and oxygen atoms in total. The number of nitriles is 1. The van der Waals surface area contributed by atoms with Crippen molar-refractivity contribution in [1.29, 1.82) is 5.26 Å². The molecule has 0 fully saturated rings. The Balaban J connectivity index is 3.15. The van der Waals surface area contributed by atoms with Crippen molar-refractivity contribution in [3.63, 3.8) is 0 Å². The number of nitrogens with zero attached hydrogens (tertiary/aromatic N) is 3. The van der Waals surface area contributed by atoms with Crippen LogP contribution in [-0.4, -0.2) is 29.9 Å². The van der Waals surface area contributed by atoms with E-state index in [1.165, 1.54) is 17.3 Å². The summed E-state index contributed by atoms with van der Waals surface area (Å²) in [5.74, 6) is -0.182. The van der Waals surface area contributed by atoms with E-state index < -0.39 is 0 Å². The van der Waals surface area contributed by atoms with Gasteiger partial charge in [0.1, 0.15) is 6.07 Å². The van der Waals surface area contributed by atoms with Crippen LogP contribution in [0.3, 0.4) is 0 Å². The highest BCUT2D eigenvalue weighted by Gasteiger charge is 2.12. The van der Waals surface area contributed by atoms with Crippen molar-refractivity contribution in [3.8, 4) is 6.07 Å². The van der Waals surface area contributed by atoms with E-state index in [9.17, 15) is 4.79 Å². The zero-order valence-corrected chi connectivity index (χ0v) is 7.48. The number of hydrogen-bond acceptors (Lipinski definition) is 3. The summed E-state index contributed by atoms with van der Waals surface area (Å²) in [5.41, 5.74) is 0.698. The van der Waals surface area contributed by atoms with Gasteiger partial charge in [-0.2, -0.15) is 5.26 Å². The maximum atomic E-state index is 11.5. The van der Waals surface area contributed by atoms with Crippen molar-refractivity contribution in [2.24, 2.45) is 0 Å². The fourth-order valence-corrected chi connectivity index (χ4v) is 0.911. The summed E-state index contributed by atoms with van der Waals surface area (Å²) in [6.45, 7) is 0. The van der Waals surface area contributed by atoms with E-state index in [1.54, 1.807) is 20.2 Å². The van der Waals surface area contributed by atoms with Crippen LogP contribution in [0.25, 0.3) is 0 Å². The first-order chi connectivity index (χ1) is 6.16. The SMILES string of the molecule is CN(C)C(=O)c1ccncc1C#N. The second-order valence-corrected chi connectivity index (χ2v) is 2.73. The van der Waals surface area contributed by atoms with Gasteiger partial charge in [0.25, 0.3) is 5.91 Å². The Bertz CT molecular complexity index is 365. The lowest BCUT2D eigenvalue weighted by molar-refractivity contribution is 0.0827. The molecule has 0 spiro atoms. The van der Waals surface area contributed by atoms with Gasteiger partial charge < -0.3 is 4.90 Å². The van der Waals surface area contributed by atoms with Gasteiger partial charge in [-0.25, -0.2) is 0 Å². The monoisotopic (exact) mass is 175 g/mol. The van der Waals surface area contributed by atoms with Crippen LogP contribution in [-0.2, 0) is 0 Å². The summed E-state index contributed by atoms with van der Waals surface area (Å²) in [6, 6.07) is 3.46. The fraction of sp³-hybridized carbons (Fsp3) is 0.222. The Morgan fingerprint density at radius 1 is 1.62 bits per heavy atom. The minimum atomic E-state index is -0.182. The molecule has 4 heteroatoms. The number of aromatic nitrogens is 1. The lowest BCUT2D eigenvalue weighted by Crippen LogP contribution is -2.22. The smallest absolute Gasteiger partial charge is 0.254 e. The van der Waals surface area contributed by atoms with Crippen molar-refractivity contribution in [2.75, 3.05) is 14.1 Å². The molecule has 1 aromatic rings. The molecule has 0 aliphatic heterocycles. The van der Waals surface area contributed by atoms with Gasteiger partial charge in [-0.15, -0.1) is 0 Å². The van der Waals surface area contributed by atoms with E-state index in [0.717, 1.165) is 0 Å². The number of hydrogen-bond donors (Lipinski definition) is 0. The third-order valence-corrected chi connectivity index (χ3v) is 1.58. The number of carbonyl (C=O) groups excluding carboxylic acids is 1. The van der Waals surface area contributed by atoms with Crippen LogP contribution in [0.1, 0.15) is 15.9 Å². The summed E-state index contributed by atoms with van der Waals surface area (Å²) in [4.78, 5) is 16.7. The third kappa shape index (κ3) is 1.82. The van der Waals surface area contributed by atoms with E-state index in [0.29, 0.717) is 11.1 Å². The molecule has 0 bridgehead atoms. The molecule has 0 aromatic carbocycles. The van der Waals surface area contributed by atoms with Gasteiger partial charge in [-0.3, -0.25) is 9.78 Å². The quantitative estimate of drug-likeness (QED) is 0.629. The van der Waals surface area contributed by atoms with Gasteiger partial charge in [-0.1, -0.05) is 0 Å². The normalized spacial score (nSPS) is 9.00. The van der Waals surface area contributed by atoms with Gasteiger partial charge in [0, 0.05) is 26.5 Å². The largest absolute Gasteiger partial charge is 0.345 e. The van der Waals surface area contributed by atoms with Crippen LogP contribution in [0.2, 0.25) is 0 Å². The molecule has 1 amide bonds. The summed E-state index contributed by atoms with van der Waals surface area (Å²) in [6.07, 6.45) is 2.88. The Morgan fingerprint density at radius 2 is 2.31 bits per heavy atom. The highest BCUT2D eigenvalue weighted by atomic mass is 16.2. The van der Waals surface area contributed by atoms with Crippen LogP contribution in [0, 0.1) is 11.3 Å². The Labute approximate surface area is 76.4 Å². The molecule has 0 atom stereocenters. The lowest BCUT2D eigenvalue weighted by atomic mass is 10.1. The average molecular weight is 175 g/mol. The number of amides is 1. The van der Waals surface area contributed by atoms with E-state index in [1.807, 2.05) is 6.07 Å². The first-order valence-corrected chi connectivity index (χ1v) is 3.72. The second-order valence-electron chi connectivity index (χ2n) is 2.73. The van der Waals surface area contributed by atoms with Crippen molar-refractivity contribution >= 4 is 5.91 Å². The third-order valence-electron chi connectivity index (χ3n) is 1.58. The number of pyridine rings is 1. The van der Waals surface area contributed by atoms with Crippen LogP contribution in [0.5, 0.6) is 0 Å². The molecule has 1 rings (SSSR count). The molecule has 0 aliphatic carbocycles. The molecule has 1 heterocycles. The number of carbonyl (C=O) groups is 1. The second kappa shape index (κ2) is 3.68. The summed E-state index contributed by atoms with van der Waals surface area (Å²) in [5, 5.41) is 8.69.